The van der Waals surface area contributed by atoms with Crippen LogP contribution in [0.5, 0.6) is 5.75 Å². The van der Waals surface area contributed by atoms with Gasteiger partial charge in [0.05, 0.1) is 10.9 Å². The summed E-state index contributed by atoms with van der Waals surface area (Å²) >= 11 is 6.87. The Morgan fingerprint density at radius 3 is 2.38 bits per heavy atom. The maximum atomic E-state index is 12.3. The summed E-state index contributed by atoms with van der Waals surface area (Å²) in [5.74, 6) is 0.799. The van der Waals surface area contributed by atoms with Gasteiger partial charge in [0.2, 0.25) is 10.0 Å². The Morgan fingerprint density at radius 1 is 1.21 bits per heavy atom. The fourth-order valence-electron chi connectivity index (χ4n) is 2.25. The van der Waals surface area contributed by atoms with Crippen LogP contribution in [0, 0.1) is 0 Å². The number of nitrogens with one attached hydrogen (secondary N) is 1. The lowest BCUT2D eigenvalue weighted by atomic mass is 10.1. The van der Waals surface area contributed by atoms with Gasteiger partial charge in [-0.15, -0.1) is 11.3 Å². The zero-order valence-corrected chi connectivity index (χ0v) is 16.2. The van der Waals surface area contributed by atoms with E-state index in [0.29, 0.717) is 10.9 Å². The fourth-order valence-corrected chi connectivity index (χ4v) is 4.82. The molecular formula is C16H21ClN2O3S2. The van der Waals surface area contributed by atoms with Crippen molar-refractivity contribution in [2.75, 3.05) is 27.2 Å². The molecule has 0 spiro atoms. The molecule has 8 heteroatoms. The van der Waals surface area contributed by atoms with E-state index in [1.807, 2.05) is 50.2 Å². The van der Waals surface area contributed by atoms with Gasteiger partial charge in [0.25, 0.3) is 0 Å². The Labute approximate surface area is 152 Å². The van der Waals surface area contributed by atoms with E-state index in [4.69, 9.17) is 16.3 Å². The Balaban J connectivity index is 2.11. The van der Waals surface area contributed by atoms with Gasteiger partial charge in [0.15, 0.2) is 0 Å². The van der Waals surface area contributed by atoms with Crippen molar-refractivity contribution in [1.29, 1.82) is 0 Å². The predicted molar refractivity (Wildman–Crippen MR) is 98.6 cm³/mol. The number of sulfonamides is 1. The second-order valence-electron chi connectivity index (χ2n) is 5.39. The van der Waals surface area contributed by atoms with Crippen molar-refractivity contribution in [2.24, 2.45) is 0 Å². The van der Waals surface area contributed by atoms with Gasteiger partial charge in [-0.05, 0) is 50.8 Å². The molecule has 0 aliphatic carbocycles. The Morgan fingerprint density at radius 2 is 1.88 bits per heavy atom. The Kier molecular flexibility index (Phi) is 6.65. The number of hydrogen-bond acceptors (Lipinski definition) is 5. The van der Waals surface area contributed by atoms with Crippen molar-refractivity contribution < 1.29 is 13.2 Å². The van der Waals surface area contributed by atoms with Crippen LogP contribution < -0.4 is 9.46 Å². The van der Waals surface area contributed by atoms with Gasteiger partial charge >= 0.3 is 0 Å². The molecule has 5 nitrogen and oxygen atoms in total. The van der Waals surface area contributed by atoms with Gasteiger partial charge in [-0.25, -0.2) is 13.1 Å². The molecule has 1 N–H and O–H groups in total. The fraction of sp³-hybridized carbons (Fsp3) is 0.375. The maximum Gasteiger partial charge on any atom is 0.250 e. The minimum absolute atomic E-state index is 0.0918. The third-order valence-corrected chi connectivity index (χ3v) is 6.63. The van der Waals surface area contributed by atoms with E-state index in [-0.39, 0.29) is 16.8 Å². The van der Waals surface area contributed by atoms with Crippen molar-refractivity contribution in [3.63, 3.8) is 0 Å². The minimum Gasteiger partial charge on any atom is -0.494 e. The smallest absolute Gasteiger partial charge is 0.250 e. The van der Waals surface area contributed by atoms with E-state index in [1.54, 1.807) is 6.07 Å². The molecule has 132 valence electrons. The second kappa shape index (κ2) is 8.31. The topological polar surface area (TPSA) is 58.6 Å². The van der Waals surface area contributed by atoms with Crippen molar-refractivity contribution in [2.45, 2.75) is 17.2 Å². The third-order valence-electron chi connectivity index (χ3n) is 3.48. The van der Waals surface area contributed by atoms with Gasteiger partial charge in [-0.3, -0.25) is 0 Å². The zero-order valence-electron chi connectivity index (χ0n) is 13.8. The summed E-state index contributed by atoms with van der Waals surface area (Å²) in [4.78, 5) is 1.97. The second-order valence-corrected chi connectivity index (χ2v) is 9.10. The molecule has 0 fully saturated rings. The van der Waals surface area contributed by atoms with E-state index >= 15 is 0 Å². The number of thiophene rings is 1. The number of rotatable bonds is 8. The Hall–Kier alpha value is -1.12. The van der Waals surface area contributed by atoms with Crippen LogP contribution in [-0.4, -0.2) is 40.6 Å². The SMILES string of the molecule is CCOc1ccc(C(CNS(=O)(=O)c2ccc(Cl)s2)N(C)C)cc1. The first-order chi connectivity index (χ1) is 11.3. The van der Waals surface area contributed by atoms with E-state index in [9.17, 15) is 8.42 Å². The number of hydrogen-bond donors (Lipinski definition) is 1. The van der Waals surface area contributed by atoms with Gasteiger partial charge in [-0.1, -0.05) is 23.7 Å². The molecule has 1 atom stereocenters. The van der Waals surface area contributed by atoms with E-state index < -0.39 is 10.0 Å². The molecule has 1 aromatic heterocycles. The molecule has 0 radical (unpaired) electrons. The summed E-state index contributed by atoms with van der Waals surface area (Å²) in [6, 6.07) is 10.7. The highest BCUT2D eigenvalue weighted by molar-refractivity contribution is 7.91. The zero-order chi connectivity index (χ0) is 17.7. The van der Waals surface area contributed by atoms with Crippen molar-refractivity contribution in [3.05, 3.63) is 46.3 Å². The molecule has 1 aromatic carbocycles. The number of ether oxygens (including phenoxy) is 1. The van der Waals surface area contributed by atoms with Crippen molar-refractivity contribution in [3.8, 4) is 5.75 Å². The monoisotopic (exact) mass is 388 g/mol. The van der Waals surface area contributed by atoms with Crippen LogP contribution in [0.3, 0.4) is 0 Å². The summed E-state index contributed by atoms with van der Waals surface area (Å²) in [5, 5.41) is 0. The third kappa shape index (κ3) is 4.94. The largest absolute Gasteiger partial charge is 0.494 e. The quantitative estimate of drug-likeness (QED) is 0.753. The summed E-state index contributed by atoms with van der Waals surface area (Å²) in [6.07, 6.45) is 0. The lowest BCUT2D eigenvalue weighted by molar-refractivity contribution is 0.298. The highest BCUT2D eigenvalue weighted by Crippen LogP contribution is 2.26. The molecule has 2 rings (SSSR count). The summed E-state index contributed by atoms with van der Waals surface area (Å²) in [5.41, 5.74) is 1.01. The number of nitrogens with zero attached hydrogens (tertiary/aromatic N) is 1. The summed E-state index contributed by atoms with van der Waals surface area (Å²) in [6.45, 7) is 2.81. The normalized spacial score (nSPS) is 13.2. The van der Waals surface area contributed by atoms with Crippen LogP contribution in [0.2, 0.25) is 4.34 Å². The van der Waals surface area contributed by atoms with Crippen molar-refractivity contribution >= 4 is 33.0 Å². The standard InChI is InChI=1S/C16H21ClN2O3S2/c1-4-22-13-7-5-12(6-8-13)14(19(2)3)11-18-24(20,21)16-10-9-15(17)23-16/h5-10,14,18H,4,11H2,1-3H3. The number of halogens is 1. The average molecular weight is 389 g/mol. The highest BCUT2D eigenvalue weighted by atomic mass is 35.5. The van der Waals surface area contributed by atoms with Gasteiger partial charge in [0.1, 0.15) is 9.96 Å². The lowest BCUT2D eigenvalue weighted by Crippen LogP contribution is -2.34. The highest BCUT2D eigenvalue weighted by Gasteiger charge is 2.21. The van der Waals surface area contributed by atoms with Crippen LogP contribution in [-0.2, 0) is 10.0 Å². The summed E-state index contributed by atoms with van der Waals surface area (Å²) < 4.78 is 33.5. The van der Waals surface area contributed by atoms with E-state index in [0.717, 1.165) is 22.6 Å². The molecule has 0 aliphatic heterocycles. The molecule has 0 amide bonds. The molecular weight excluding hydrogens is 368 g/mol. The van der Waals surface area contributed by atoms with E-state index in [2.05, 4.69) is 4.72 Å². The molecule has 0 aliphatic rings. The minimum atomic E-state index is -3.56. The summed E-state index contributed by atoms with van der Waals surface area (Å²) in [7, 11) is 0.268. The van der Waals surface area contributed by atoms with Gasteiger partial charge in [-0.2, -0.15) is 0 Å². The first-order valence-corrected chi connectivity index (χ1v) is 10.2. The number of benzene rings is 1. The van der Waals surface area contributed by atoms with Crippen LogP contribution in [0.1, 0.15) is 18.5 Å². The van der Waals surface area contributed by atoms with Crippen LogP contribution in [0.15, 0.2) is 40.6 Å². The first-order valence-electron chi connectivity index (χ1n) is 7.47. The van der Waals surface area contributed by atoms with Gasteiger partial charge in [0, 0.05) is 12.6 Å². The van der Waals surface area contributed by atoms with Crippen molar-refractivity contribution in [1.82, 2.24) is 9.62 Å². The maximum absolute atomic E-state index is 12.3. The average Bonchev–Trinajstić information content (AvgIpc) is 2.96. The first kappa shape index (κ1) is 19.2. The van der Waals surface area contributed by atoms with Crippen LogP contribution in [0.4, 0.5) is 0 Å². The molecule has 1 unspecified atom stereocenters. The molecule has 0 saturated heterocycles. The van der Waals surface area contributed by atoms with Crippen LogP contribution in [0.25, 0.3) is 0 Å². The van der Waals surface area contributed by atoms with E-state index in [1.165, 1.54) is 6.07 Å². The lowest BCUT2D eigenvalue weighted by Gasteiger charge is -2.25. The number of likely N-dealkylation sites (N-methyl/N-ethyl adjacent to an activating group) is 1. The molecule has 24 heavy (non-hydrogen) atoms. The van der Waals surface area contributed by atoms with Gasteiger partial charge < -0.3 is 9.64 Å². The predicted octanol–water partition coefficient (Wildman–Crippen LogP) is 3.38. The van der Waals surface area contributed by atoms with Crippen LogP contribution >= 0.6 is 22.9 Å². The molecule has 0 saturated carbocycles. The molecule has 0 bridgehead atoms. The molecule has 1 heterocycles. The molecule has 2 aromatic rings. The Bertz CT molecular complexity index is 758.